The average Bonchev–Trinajstić information content (AvgIpc) is 1.81. The minimum absolute atomic E-state index is 0. The Morgan fingerprint density at radius 2 is 2.00 bits per heavy atom. The van der Waals surface area contributed by atoms with Gasteiger partial charge in [-0.2, -0.15) is 0 Å². The molecule has 0 bridgehead atoms. The number of aliphatic hydroxyl groups is 1. The van der Waals surface area contributed by atoms with E-state index in [1.807, 2.05) is 0 Å². The summed E-state index contributed by atoms with van der Waals surface area (Å²) in [6.07, 6.45) is 0. The summed E-state index contributed by atoms with van der Waals surface area (Å²) in [5.74, 6) is -1.24. The van der Waals surface area contributed by atoms with E-state index in [4.69, 9.17) is 16.7 Å². The van der Waals surface area contributed by atoms with Crippen molar-refractivity contribution in [3.63, 3.8) is 0 Å². The second kappa shape index (κ2) is 6.65. The molecule has 0 aliphatic rings. The smallest absolute Gasteiger partial charge is 0.748 e. The van der Waals surface area contributed by atoms with Gasteiger partial charge in [-0.1, -0.05) is 0 Å². The minimum Gasteiger partial charge on any atom is -0.748 e. The molecule has 1 N–H and O–H groups in total. The van der Waals surface area contributed by atoms with Crippen LogP contribution in [-0.2, 0) is 10.1 Å². The number of hydrogen-bond donors (Lipinski definition) is 1. The molecule has 1 atom stereocenters. The maximum absolute atomic E-state index is 10.0. The van der Waals surface area contributed by atoms with Crippen LogP contribution in [0.4, 0.5) is 0 Å². The van der Waals surface area contributed by atoms with Gasteiger partial charge >= 0.3 is 29.6 Å². The third-order valence-corrected chi connectivity index (χ3v) is 2.23. The Bertz CT molecular complexity index is 177. The predicted octanol–water partition coefficient (Wildman–Crippen LogP) is -3.62. The Labute approximate surface area is 93.0 Å². The largest absolute Gasteiger partial charge is 1.00 e. The van der Waals surface area contributed by atoms with E-state index in [0.29, 0.717) is 0 Å². The van der Waals surface area contributed by atoms with Crippen LogP contribution in [0, 0.1) is 5.92 Å². The van der Waals surface area contributed by atoms with Crippen LogP contribution in [0.25, 0.3) is 0 Å². The predicted molar refractivity (Wildman–Crippen MR) is 35.9 cm³/mol. The molecule has 7 heteroatoms. The molecule has 0 saturated carbocycles. The van der Waals surface area contributed by atoms with Crippen LogP contribution in [0.5, 0.6) is 0 Å². The molecule has 0 aliphatic carbocycles. The van der Waals surface area contributed by atoms with Crippen LogP contribution >= 0.6 is 11.6 Å². The minimum atomic E-state index is -4.24. The Hall–Kier alpha value is 1.16. The Morgan fingerprint density at radius 1 is 1.55 bits per heavy atom. The summed E-state index contributed by atoms with van der Waals surface area (Å²) in [6.45, 7) is -0.370. The fourth-order valence-corrected chi connectivity index (χ4v) is 1.57. The summed E-state index contributed by atoms with van der Waals surface area (Å²) < 4.78 is 30.1. The molecule has 0 heterocycles. The average molecular weight is 211 g/mol. The van der Waals surface area contributed by atoms with Crippen molar-refractivity contribution in [2.75, 3.05) is 18.2 Å². The quantitative estimate of drug-likeness (QED) is 0.295. The molecule has 0 aliphatic heterocycles. The molecule has 0 amide bonds. The summed E-state index contributed by atoms with van der Waals surface area (Å²) in [6, 6.07) is 0. The molecule has 1 unspecified atom stereocenters. The maximum Gasteiger partial charge on any atom is 1.00 e. The molecular formula is C4H8ClNaO4S. The maximum atomic E-state index is 10.0. The van der Waals surface area contributed by atoms with Gasteiger partial charge in [0.25, 0.3) is 0 Å². The van der Waals surface area contributed by atoms with Crippen molar-refractivity contribution in [1.29, 1.82) is 0 Å². The first-order valence-electron chi connectivity index (χ1n) is 2.60. The molecule has 0 spiro atoms. The second-order valence-electron chi connectivity index (χ2n) is 1.93. The molecule has 0 aromatic rings. The van der Waals surface area contributed by atoms with Crippen molar-refractivity contribution < 1.29 is 47.6 Å². The summed E-state index contributed by atoms with van der Waals surface area (Å²) in [4.78, 5) is 0. The van der Waals surface area contributed by atoms with Gasteiger partial charge in [-0.25, -0.2) is 8.42 Å². The first kappa shape index (κ1) is 14.7. The number of halogens is 1. The van der Waals surface area contributed by atoms with Crippen molar-refractivity contribution in [2.24, 2.45) is 5.92 Å². The van der Waals surface area contributed by atoms with Gasteiger partial charge in [0, 0.05) is 24.2 Å². The number of hydrogen-bond acceptors (Lipinski definition) is 4. The number of alkyl halides is 1. The van der Waals surface area contributed by atoms with Crippen molar-refractivity contribution in [2.45, 2.75) is 0 Å². The SMILES string of the molecule is O=S(=O)([O-])CC(CO)CCl.[Na+]. The monoisotopic (exact) mass is 210 g/mol. The Kier molecular flexibility index (Phi) is 8.87. The Balaban J connectivity index is 0. The topological polar surface area (TPSA) is 77.4 Å². The summed E-state index contributed by atoms with van der Waals surface area (Å²) >= 11 is 5.21. The molecule has 0 aromatic carbocycles. The molecule has 0 radical (unpaired) electrons. The van der Waals surface area contributed by atoms with E-state index in [-0.39, 0.29) is 42.0 Å². The normalized spacial score (nSPS) is 13.7. The van der Waals surface area contributed by atoms with E-state index in [1.54, 1.807) is 0 Å². The van der Waals surface area contributed by atoms with Crippen LogP contribution in [0.15, 0.2) is 0 Å². The zero-order valence-electron chi connectivity index (χ0n) is 6.16. The van der Waals surface area contributed by atoms with Gasteiger partial charge in [0.15, 0.2) is 0 Å². The van der Waals surface area contributed by atoms with Gasteiger partial charge in [-0.05, 0) is 0 Å². The molecule has 0 aromatic heterocycles. The van der Waals surface area contributed by atoms with Gasteiger partial charge in [0.1, 0.15) is 0 Å². The summed E-state index contributed by atoms with van der Waals surface area (Å²) in [5.41, 5.74) is 0. The van der Waals surface area contributed by atoms with E-state index in [2.05, 4.69) is 0 Å². The van der Waals surface area contributed by atoms with E-state index in [1.165, 1.54) is 0 Å². The van der Waals surface area contributed by atoms with Gasteiger partial charge < -0.3 is 9.66 Å². The summed E-state index contributed by atoms with van der Waals surface area (Å²) in [7, 11) is -4.24. The van der Waals surface area contributed by atoms with Gasteiger partial charge in [-0.3, -0.25) is 0 Å². The zero-order valence-corrected chi connectivity index (χ0v) is 9.73. The van der Waals surface area contributed by atoms with E-state index < -0.39 is 21.8 Å². The molecule has 0 fully saturated rings. The molecular weight excluding hydrogens is 203 g/mol. The van der Waals surface area contributed by atoms with Gasteiger partial charge in [0.05, 0.1) is 10.1 Å². The van der Waals surface area contributed by atoms with E-state index in [0.717, 1.165) is 0 Å². The molecule has 4 nitrogen and oxygen atoms in total. The molecule has 62 valence electrons. The van der Waals surface area contributed by atoms with Crippen molar-refractivity contribution >= 4 is 21.7 Å². The fourth-order valence-electron chi connectivity index (χ4n) is 0.435. The molecule has 11 heavy (non-hydrogen) atoms. The van der Waals surface area contributed by atoms with Crippen LogP contribution in [0.3, 0.4) is 0 Å². The van der Waals surface area contributed by atoms with Gasteiger partial charge in [0.2, 0.25) is 0 Å². The fraction of sp³-hybridized carbons (Fsp3) is 1.00. The van der Waals surface area contributed by atoms with E-state index >= 15 is 0 Å². The van der Waals surface area contributed by atoms with Crippen molar-refractivity contribution in [3.05, 3.63) is 0 Å². The third-order valence-electron chi connectivity index (χ3n) is 0.916. The molecule has 0 saturated heterocycles. The second-order valence-corrected chi connectivity index (χ2v) is 3.68. The van der Waals surface area contributed by atoms with Crippen LogP contribution < -0.4 is 29.6 Å². The van der Waals surface area contributed by atoms with Gasteiger partial charge in [-0.15, -0.1) is 11.6 Å². The first-order valence-corrected chi connectivity index (χ1v) is 4.71. The Morgan fingerprint density at radius 3 is 2.09 bits per heavy atom. The number of aliphatic hydroxyl groups excluding tert-OH is 1. The van der Waals surface area contributed by atoms with Crippen molar-refractivity contribution in [3.8, 4) is 0 Å². The first-order chi connectivity index (χ1) is 4.49. The van der Waals surface area contributed by atoms with Crippen LogP contribution in [-0.4, -0.2) is 36.3 Å². The standard InChI is InChI=1S/C4H9ClO4S.Na/c5-1-4(2-6)3-10(7,8)9;/h4,6H,1-3H2,(H,7,8,9);/q;+1/p-1. The number of rotatable bonds is 4. The van der Waals surface area contributed by atoms with E-state index in [9.17, 15) is 13.0 Å². The van der Waals surface area contributed by atoms with Crippen molar-refractivity contribution in [1.82, 2.24) is 0 Å². The van der Waals surface area contributed by atoms with Crippen LogP contribution in [0.2, 0.25) is 0 Å². The summed E-state index contributed by atoms with van der Waals surface area (Å²) in [5, 5.41) is 8.40. The molecule has 0 rings (SSSR count). The third kappa shape index (κ3) is 9.07. The zero-order chi connectivity index (χ0) is 8.20. The van der Waals surface area contributed by atoms with Crippen LogP contribution in [0.1, 0.15) is 0 Å².